The van der Waals surface area contributed by atoms with E-state index in [9.17, 15) is 0 Å². The summed E-state index contributed by atoms with van der Waals surface area (Å²) in [6.45, 7) is 7.39. The fourth-order valence-corrected chi connectivity index (χ4v) is 4.33. The highest BCUT2D eigenvalue weighted by Gasteiger charge is 2.15. The zero-order chi connectivity index (χ0) is 21.3. The van der Waals surface area contributed by atoms with Crippen LogP contribution in [0.2, 0.25) is 0 Å². The van der Waals surface area contributed by atoms with Crippen LogP contribution in [0.4, 0.5) is 0 Å². The first kappa shape index (κ1) is 24.9. The van der Waals surface area contributed by atoms with Crippen molar-refractivity contribution in [2.75, 3.05) is 39.5 Å². The Labute approximate surface area is 210 Å². The van der Waals surface area contributed by atoms with Crippen LogP contribution in [0.5, 0.6) is 0 Å². The van der Waals surface area contributed by atoms with Gasteiger partial charge in [-0.15, -0.1) is 35.3 Å². The second kappa shape index (κ2) is 13.1. The number of aliphatic imine (C=N–C) groups is 1. The molecule has 0 aliphatic carbocycles. The summed E-state index contributed by atoms with van der Waals surface area (Å²) in [5.41, 5.74) is 0.998. The van der Waals surface area contributed by atoms with Crippen molar-refractivity contribution in [1.29, 1.82) is 0 Å². The molecule has 1 atom stereocenters. The van der Waals surface area contributed by atoms with E-state index < -0.39 is 0 Å². The van der Waals surface area contributed by atoms with Crippen molar-refractivity contribution in [2.24, 2.45) is 10.9 Å². The van der Waals surface area contributed by atoms with E-state index >= 15 is 0 Å². The number of guanidine groups is 1. The molecule has 0 amide bonds. The minimum Gasteiger partial charge on any atom is -0.457 e. The monoisotopic (exact) mass is 570 g/mol. The molecule has 1 unspecified atom stereocenters. The third kappa shape index (κ3) is 7.16. The van der Waals surface area contributed by atoms with Gasteiger partial charge in [-0.25, -0.2) is 9.98 Å². The van der Waals surface area contributed by atoms with E-state index in [1.54, 1.807) is 11.3 Å². The minimum absolute atomic E-state index is 0. The van der Waals surface area contributed by atoms with Gasteiger partial charge in [-0.05, 0) is 44.0 Å². The number of thiazole rings is 1. The number of fused-ring (bicyclic) bond motifs is 1. The largest absolute Gasteiger partial charge is 0.457 e. The number of aromatic nitrogens is 1. The molecule has 1 aliphatic rings. The van der Waals surface area contributed by atoms with Gasteiger partial charge in [-0.3, -0.25) is 0 Å². The summed E-state index contributed by atoms with van der Waals surface area (Å²) in [6, 6.07) is 12.1. The molecule has 1 fully saturated rings. The molecule has 2 aromatic heterocycles. The van der Waals surface area contributed by atoms with Crippen LogP contribution >= 0.6 is 35.3 Å². The lowest BCUT2D eigenvalue weighted by molar-refractivity contribution is 0.0888. The molecular weight excluding hydrogens is 539 g/mol. The lowest BCUT2D eigenvalue weighted by Gasteiger charge is -2.12. The second-order valence-electron chi connectivity index (χ2n) is 7.53. The molecule has 0 spiro atoms. The van der Waals surface area contributed by atoms with Crippen LogP contribution in [0.25, 0.3) is 21.0 Å². The highest BCUT2D eigenvalue weighted by atomic mass is 127. The van der Waals surface area contributed by atoms with Crippen molar-refractivity contribution in [3.05, 3.63) is 42.2 Å². The summed E-state index contributed by atoms with van der Waals surface area (Å²) in [5, 5.41) is 7.53. The fraction of sp³-hybridized carbons (Fsp3) is 0.478. The predicted octanol–water partition coefficient (Wildman–Crippen LogP) is 4.67. The Morgan fingerprint density at radius 2 is 2.16 bits per heavy atom. The maximum Gasteiger partial charge on any atom is 0.191 e. The molecule has 0 bridgehead atoms. The number of halogens is 1. The first-order valence-electron chi connectivity index (χ1n) is 10.9. The van der Waals surface area contributed by atoms with Crippen LogP contribution in [0, 0.1) is 5.92 Å². The van der Waals surface area contributed by atoms with Gasteiger partial charge in [0.05, 0.1) is 23.4 Å². The molecule has 4 rings (SSSR count). The van der Waals surface area contributed by atoms with Crippen molar-refractivity contribution >= 4 is 51.5 Å². The molecule has 3 heterocycles. The molecule has 2 N–H and O–H groups in total. The molecule has 1 saturated heterocycles. The summed E-state index contributed by atoms with van der Waals surface area (Å²) >= 11 is 1.64. The number of nitrogens with one attached hydrogen (secondary N) is 2. The van der Waals surface area contributed by atoms with Gasteiger partial charge in [0.25, 0.3) is 0 Å². The standard InChI is InChI=1S/C23H30N4O3S.HI/c1-2-24-23(25-11-5-12-28-15-17-10-13-29-16-17)26-14-18-8-9-20(30-18)22-27-19-6-3-4-7-21(19)31-22;/h3-4,6-9,17H,2,5,10-16H2,1H3,(H2,24,25,26);1H. The molecule has 174 valence electrons. The predicted molar refractivity (Wildman–Crippen MR) is 140 cm³/mol. The van der Waals surface area contributed by atoms with Crippen LogP contribution < -0.4 is 10.6 Å². The van der Waals surface area contributed by atoms with E-state index in [1.165, 1.54) is 0 Å². The number of hydrogen-bond donors (Lipinski definition) is 2. The lowest BCUT2D eigenvalue weighted by Crippen LogP contribution is -2.38. The minimum atomic E-state index is 0. The van der Waals surface area contributed by atoms with Crippen LogP contribution in [0.1, 0.15) is 25.5 Å². The first-order valence-corrected chi connectivity index (χ1v) is 11.8. The molecule has 1 aliphatic heterocycles. The van der Waals surface area contributed by atoms with Crippen molar-refractivity contribution < 1.29 is 13.9 Å². The maximum absolute atomic E-state index is 5.99. The first-order chi connectivity index (χ1) is 15.3. The van der Waals surface area contributed by atoms with Gasteiger partial charge >= 0.3 is 0 Å². The molecule has 1 aromatic carbocycles. The second-order valence-corrected chi connectivity index (χ2v) is 8.56. The Morgan fingerprint density at radius 1 is 1.25 bits per heavy atom. The third-order valence-corrected chi connectivity index (χ3v) is 6.09. The molecule has 7 nitrogen and oxygen atoms in total. The van der Waals surface area contributed by atoms with Gasteiger partial charge in [0, 0.05) is 32.2 Å². The highest BCUT2D eigenvalue weighted by Crippen LogP contribution is 2.31. The van der Waals surface area contributed by atoms with Crippen molar-refractivity contribution in [2.45, 2.75) is 26.3 Å². The summed E-state index contributed by atoms with van der Waals surface area (Å²) in [6.07, 6.45) is 2.05. The zero-order valence-electron chi connectivity index (χ0n) is 18.3. The number of furan rings is 1. The molecular formula is C23H31IN4O3S. The van der Waals surface area contributed by atoms with E-state index in [0.29, 0.717) is 12.5 Å². The van der Waals surface area contributed by atoms with E-state index in [1.807, 2.05) is 30.3 Å². The number of ether oxygens (including phenoxy) is 2. The summed E-state index contributed by atoms with van der Waals surface area (Å²) in [5.74, 6) is 2.94. The van der Waals surface area contributed by atoms with Gasteiger partial charge in [0.15, 0.2) is 16.7 Å². The smallest absolute Gasteiger partial charge is 0.191 e. The number of rotatable bonds is 10. The van der Waals surface area contributed by atoms with Gasteiger partial charge in [0.2, 0.25) is 0 Å². The van der Waals surface area contributed by atoms with E-state index in [0.717, 1.165) is 85.1 Å². The van der Waals surface area contributed by atoms with Crippen molar-refractivity contribution in [3.8, 4) is 10.8 Å². The molecule has 32 heavy (non-hydrogen) atoms. The van der Waals surface area contributed by atoms with Gasteiger partial charge in [0.1, 0.15) is 12.3 Å². The topological polar surface area (TPSA) is 80.9 Å². The molecule has 0 saturated carbocycles. The molecule has 3 aromatic rings. The van der Waals surface area contributed by atoms with E-state index in [4.69, 9.17) is 13.9 Å². The van der Waals surface area contributed by atoms with E-state index in [-0.39, 0.29) is 24.0 Å². The normalized spacial score (nSPS) is 16.3. The summed E-state index contributed by atoms with van der Waals surface area (Å²) in [4.78, 5) is 9.30. The SMILES string of the molecule is CCNC(=NCc1ccc(-c2nc3ccccc3s2)o1)NCCCOCC1CCOC1.I. The van der Waals surface area contributed by atoms with Crippen LogP contribution in [-0.2, 0) is 16.0 Å². The van der Waals surface area contributed by atoms with Gasteiger partial charge in [-0.1, -0.05) is 12.1 Å². The Kier molecular flexibility index (Phi) is 10.2. The summed E-state index contributed by atoms with van der Waals surface area (Å²) < 4.78 is 18.3. The number of nitrogens with zero attached hydrogens (tertiary/aromatic N) is 2. The van der Waals surface area contributed by atoms with Crippen LogP contribution in [0.3, 0.4) is 0 Å². The number of benzene rings is 1. The summed E-state index contributed by atoms with van der Waals surface area (Å²) in [7, 11) is 0. The van der Waals surface area contributed by atoms with Crippen LogP contribution in [0.15, 0.2) is 45.8 Å². The van der Waals surface area contributed by atoms with Gasteiger partial charge < -0.3 is 24.5 Å². The number of hydrogen-bond acceptors (Lipinski definition) is 6. The van der Waals surface area contributed by atoms with Crippen molar-refractivity contribution in [3.63, 3.8) is 0 Å². The van der Waals surface area contributed by atoms with Crippen LogP contribution in [-0.4, -0.2) is 50.5 Å². The molecule has 0 radical (unpaired) electrons. The molecule has 9 heteroatoms. The lowest BCUT2D eigenvalue weighted by atomic mass is 10.1. The van der Waals surface area contributed by atoms with Gasteiger partial charge in [-0.2, -0.15) is 0 Å². The fourth-order valence-electron chi connectivity index (χ4n) is 3.40. The Balaban J connectivity index is 0.00000289. The quantitative estimate of drug-likeness (QED) is 0.160. The Hall–Kier alpha value is -1.69. The van der Waals surface area contributed by atoms with Crippen molar-refractivity contribution in [1.82, 2.24) is 15.6 Å². The average Bonchev–Trinajstić information content (AvgIpc) is 3.54. The Morgan fingerprint density at radius 3 is 2.97 bits per heavy atom. The average molecular weight is 570 g/mol. The zero-order valence-corrected chi connectivity index (χ0v) is 21.5. The third-order valence-electron chi connectivity index (χ3n) is 5.04. The number of para-hydroxylation sites is 1. The van der Waals surface area contributed by atoms with E-state index in [2.05, 4.69) is 33.6 Å². The maximum atomic E-state index is 5.99. The highest BCUT2D eigenvalue weighted by molar-refractivity contribution is 14.0. The Bertz CT molecular complexity index is 951.